The fourth-order valence-corrected chi connectivity index (χ4v) is 2.65. The largest absolute Gasteiger partial charge is 0.353 e. The van der Waals surface area contributed by atoms with Gasteiger partial charge in [-0.2, -0.15) is 12.6 Å². The molecule has 2 atom stereocenters. The molecule has 0 aliphatic carbocycles. The van der Waals surface area contributed by atoms with Crippen LogP contribution in [0, 0.1) is 0 Å². The number of nitrogens with one attached hydrogen (secondary N) is 4. The molecule has 0 heterocycles. The molecule has 0 aromatic heterocycles. The molecule has 0 aromatic carbocycles. The van der Waals surface area contributed by atoms with E-state index in [1.54, 1.807) is 6.92 Å². The molecule has 1 unspecified atom stereocenters. The van der Waals surface area contributed by atoms with Crippen molar-refractivity contribution in [1.82, 2.24) is 21.3 Å². The highest BCUT2D eigenvalue weighted by Gasteiger charge is 2.20. The molecule has 0 bridgehead atoms. The van der Waals surface area contributed by atoms with E-state index in [0.717, 1.165) is 0 Å². The fourth-order valence-electron chi connectivity index (χ4n) is 1.62. The average Bonchev–Trinajstić information content (AvgIpc) is 2.56. The van der Waals surface area contributed by atoms with Crippen LogP contribution in [0.25, 0.3) is 0 Å². The molecule has 0 aromatic rings. The Hall–Kier alpha value is -1.46. The molecule has 144 valence electrons. The molecule has 0 aliphatic rings. The number of carbonyl (C=O) groups is 4. The van der Waals surface area contributed by atoms with Gasteiger partial charge in [-0.3, -0.25) is 19.2 Å². The minimum absolute atomic E-state index is 0.178. The lowest BCUT2D eigenvalue weighted by Gasteiger charge is -2.18. The van der Waals surface area contributed by atoms with Crippen LogP contribution < -0.4 is 27.0 Å². The third-order valence-electron chi connectivity index (χ3n) is 2.96. The van der Waals surface area contributed by atoms with Gasteiger partial charge in [-0.1, -0.05) is 0 Å². The molecule has 0 spiro atoms. The maximum Gasteiger partial charge on any atom is 0.242 e. The van der Waals surface area contributed by atoms with Gasteiger partial charge in [0.05, 0.1) is 17.7 Å². The van der Waals surface area contributed by atoms with Crippen molar-refractivity contribution < 1.29 is 19.2 Å². The maximum absolute atomic E-state index is 11.9. The monoisotopic (exact) mass is 393 g/mol. The van der Waals surface area contributed by atoms with Gasteiger partial charge < -0.3 is 27.0 Å². The topological polar surface area (TPSA) is 142 Å². The molecule has 11 heteroatoms. The SMILES string of the molecule is CC(=O)NCSC(C)C(=O)NCC(=O)N[C@@H](CCS)C(=O)NCCN. The number of amides is 4. The lowest BCUT2D eigenvalue weighted by Crippen LogP contribution is -2.50. The van der Waals surface area contributed by atoms with Crippen LogP contribution in [0.15, 0.2) is 0 Å². The third kappa shape index (κ3) is 11.7. The second kappa shape index (κ2) is 13.8. The van der Waals surface area contributed by atoms with Crippen LogP contribution in [-0.4, -0.2) is 66.2 Å². The average molecular weight is 394 g/mol. The van der Waals surface area contributed by atoms with Gasteiger partial charge in [-0.25, -0.2) is 0 Å². The highest BCUT2D eigenvalue weighted by molar-refractivity contribution is 8.00. The van der Waals surface area contributed by atoms with Crippen molar-refractivity contribution in [1.29, 1.82) is 0 Å². The van der Waals surface area contributed by atoms with E-state index in [-0.39, 0.29) is 24.3 Å². The zero-order valence-electron chi connectivity index (χ0n) is 14.5. The summed E-state index contributed by atoms with van der Waals surface area (Å²) < 4.78 is 0. The predicted octanol–water partition coefficient (Wildman–Crippen LogP) is -1.80. The first-order valence-electron chi connectivity index (χ1n) is 7.83. The number of hydrogen-bond acceptors (Lipinski definition) is 7. The van der Waals surface area contributed by atoms with Gasteiger partial charge >= 0.3 is 0 Å². The Balaban J connectivity index is 4.25. The van der Waals surface area contributed by atoms with Gasteiger partial charge in [0.2, 0.25) is 23.6 Å². The summed E-state index contributed by atoms with van der Waals surface area (Å²) in [7, 11) is 0. The summed E-state index contributed by atoms with van der Waals surface area (Å²) in [4.78, 5) is 46.5. The summed E-state index contributed by atoms with van der Waals surface area (Å²) in [5.41, 5.74) is 5.32. The number of rotatable bonds is 12. The number of hydrogen-bond donors (Lipinski definition) is 6. The minimum atomic E-state index is -0.722. The van der Waals surface area contributed by atoms with Crippen LogP contribution >= 0.6 is 24.4 Å². The summed E-state index contributed by atoms with van der Waals surface area (Å²) in [6.07, 6.45) is 0.363. The number of thiol groups is 1. The van der Waals surface area contributed by atoms with Crippen molar-refractivity contribution in [3.05, 3.63) is 0 Å². The summed E-state index contributed by atoms with van der Waals surface area (Å²) in [6, 6.07) is -0.722. The minimum Gasteiger partial charge on any atom is -0.353 e. The second-order valence-corrected chi connectivity index (χ2v) is 6.89. The zero-order chi connectivity index (χ0) is 19.2. The molecule has 6 N–H and O–H groups in total. The van der Waals surface area contributed by atoms with Gasteiger partial charge in [-0.05, 0) is 19.1 Å². The van der Waals surface area contributed by atoms with E-state index >= 15 is 0 Å². The highest BCUT2D eigenvalue weighted by atomic mass is 32.2. The van der Waals surface area contributed by atoms with E-state index in [0.29, 0.717) is 31.1 Å². The zero-order valence-corrected chi connectivity index (χ0v) is 16.2. The first kappa shape index (κ1) is 23.5. The summed E-state index contributed by atoms with van der Waals surface area (Å²) in [6.45, 7) is 3.44. The molecule has 9 nitrogen and oxygen atoms in total. The van der Waals surface area contributed by atoms with Crippen LogP contribution in [0.2, 0.25) is 0 Å². The van der Waals surface area contributed by atoms with E-state index in [4.69, 9.17) is 5.73 Å². The van der Waals surface area contributed by atoms with E-state index < -0.39 is 17.2 Å². The normalized spacial score (nSPS) is 12.6. The lowest BCUT2D eigenvalue weighted by atomic mass is 10.2. The first-order valence-corrected chi connectivity index (χ1v) is 9.51. The van der Waals surface area contributed by atoms with Gasteiger partial charge in [0, 0.05) is 20.0 Å². The van der Waals surface area contributed by atoms with Crippen LogP contribution in [-0.2, 0) is 19.2 Å². The Morgan fingerprint density at radius 2 is 1.80 bits per heavy atom. The Labute approximate surface area is 157 Å². The first-order chi connectivity index (χ1) is 11.8. The van der Waals surface area contributed by atoms with Gasteiger partial charge in [0.1, 0.15) is 6.04 Å². The molecule has 0 rings (SSSR count). The van der Waals surface area contributed by atoms with Crippen molar-refractivity contribution in [2.24, 2.45) is 5.73 Å². The smallest absolute Gasteiger partial charge is 0.242 e. The van der Waals surface area contributed by atoms with Gasteiger partial charge in [0.15, 0.2) is 0 Å². The Morgan fingerprint density at radius 3 is 2.36 bits per heavy atom. The molecule has 0 saturated heterocycles. The number of thioether (sulfide) groups is 1. The summed E-state index contributed by atoms with van der Waals surface area (Å²) in [5.74, 6) is -0.585. The van der Waals surface area contributed by atoms with Gasteiger partial charge in [-0.15, -0.1) is 11.8 Å². The summed E-state index contributed by atoms with van der Waals surface area (Å²) >= 11 is 5.31. The second-order valence-electron chi connectivity index (χ2n) is 5.12. The van der Waals surface area contributed by atoms with Crippen molar-refractivity contribution in [3.63, 3.8) is 0 Å². The van der Waals surface area contributed by atoms with Crippen LogP contribution in [0.3, 0.4) is 0 Å². The van der Waals surface area contributed by atoms with E-state index in [2.05, 4.69) is 33.9 Å². The molecular weight excluding hydrogens is 366 g/mol. The number of nitrogens with two attached hydrogens (primary N) is 1. The standard InChI is InChI=1S/C14H27N5O4S2/c1-9(25-8-18-10(2)20)13(22)17-7-12(21)19-11(3-6-24)14(23)16-5-4-15/h9,11,24H,3-8,15H2,1-2H3,(H,16,23)(H,17,22)(H,18,20)(H,19,21)/t9?,11-/m0/s1. The third-order valence-corrected chi connectivity index (χ3v) is 4.24. The Kier molecular flexibility index (Phi) is 13.0. The van der Waals surface area contributed by atoms with Crippen LogP contribution in [0.5, 0.6) is 0 Å². The molecule has 0 saturated carbocycles. The molecular formula is C14H27N5O4S2. The lowest BCUT2D eigenvalue weighted by molar-refractivity contribution is -0.129. The quantitative estimate of drug-likeness (QED) is 0.171. The molecule has 25 heavy (non-hydrogen) atoms. The summed E-state index contributed by atoms with van der Waals surface area (Å²) in [5, 5.41) is 9.79. The molecule has 0 fully saturated rings. The van der Waals surface area contributed by atoms with E-state index in [9.17, 15) is 19.2 Å². The molecule has 4 amide bonds. The number of carbonyl (C=O) groups excluding carboxylic acids is 4. The van der Waals surface area contributed by atoms with Crippen molar-refractivity contribution >= 4 is 48.0 Å². The Morgan fingerprint density at radius 1 is 1.12 bits per heavy atom. The highest BCUT2D eigenvalue weighted by Crippen LogP contribution is 2.08. The van der Waals surface area contributed by atoms with E-state index in [1.807, 2.05) is 0 Å². The molecule has 0 radical (unpaired) electrons. The fraction of sp³-hybridized carbons (Fsp3) is 0.714. The maximum atomic E-state index is 11.9. The molecule has 0 aliphatic heterocycles. The van der Waals surface area contributed by atoms with Crippen molar-refractivity contribution in [3.8, 4) is 0 Å². The van der Waals surface area contributed by atoms with Crippen molar-refractivity contribution in [2.75, 3.05) is 31.3 Å². The Bertz CT molecular complexity index is 465. The van der Waals surface area contributed by atoms with Crippen molar-refractivity contribution in [2.45, 2.75) is 31.6 Å². The van der Waals surface area contributed by atoms with E-state index in [1.165, 1.54) is 18.7 Å². The van der Waals surface area contributed by atoms with Crippen LogP contribution in [0.1, 0.15) is 20.3 Å². The van der Waals surface area contributed by atoms with Gasteiger partial charge in [0.25, 0.3) is 0 Å². The predicted molar refractivity (Wildman–Crippen MR) is 101 cm³/mol. The van der Waals surface area contributed by atoms with Crippen LogP contribution in [0.4, 0.5) is 0 Å².